The second-order valence-corrected chi connectivity index (χ2v) is 6.21. The molecule has 1 saturated heterocycles. The number of hydrogen-bond acceptors (Lipinski definition) is 6. The molecule has 0 spiro atoms. The molecule has 24 heavy (non-hydrogen) atoms. The van der Waals surface area contributed by atoms with E-state index in [1.54, 1.807) is 41.7 Å². The van der Waals surface area contributed by atoms with Crippen LogP contribution in [0.15, 0.2) is 36.8 Å². The molecule has 2 aromatic heterocycles. The highest BCUT2D eigenvalue weighted by atomic mass is 16.5. The number of nitrogens with zero attached hydrogens (tertiary/aromatic N) is 4. The van der Waals surface area contributed by atoms with Crippen LogP contribution < -0.4 is 10.1 Å². The summed E-state index contributed by atoms with van der Waals surface area (Å²) in [7, 11) is 0. The second-order valence-electron chi connectivity index (χ2n) is 6.21. The number of nitrogens with one attached hydrogen (secondary N) is 1. The largest absolute Gasteiger partial charge is 0.477 e. The Labute approximate surface area is 141 Å². The van der Waals surface area contributed by atoms with E-state index < -0.39 is 0 Å². The number of ether oxygens (including phenoxy) is 1. The van der Waals surface area contributed by atoms with Gasteiger partial charge in [-0.2, -0.15) is 0 Å². The standard InChI is InChI=1S/C17H21N5O2/c1-12(2)11-24-15-5-4-13(8-20-15)16(23)22-9-14(10-22)21-17-18-6-3-7-19-17/h3-8,12,14H,9-11H2,1-2H3,(H,18,19,21). The third-order valence-electron chi connectivity index (χ3n) is 3.62. The van der Waals surface area contributed by atoms with Crippen molar-refractivity contribution in [2.45, 2.75) is 19.9 Å². The topological polar surface area (TPSA) is 80.2 Å². The minimum Gasteiger partial charge on any atom is -0.477 e. The van der Waals surface area contributed by atoms with Crippen LogP contribution in [0.4, 0.5) is 5.95 Å². The molecule has 0 saturated carbocycles. The van der Waals surface area contributed by atoms with E-state index in [2.05, 4.69) is 34.1 Å². The van der Waals surface area contributed by atoms with Crippen LogP contribution in [0.25, 0.3) is 0 Å². The van der Waals surface area contributed by atoms with E-state index in [-0.39, 0.29) is 11.9 Å². The van der Waals surface area contributed by atoms with E-state index in [0.717, 1.165) is 0 Å². The molecule has 0 unspecified atom stereocenters. The molecule has 1 fully saturated rings. The molecule has 1 amide bonds. The molecule has 0 bridgehead atoms. The predicted molar refractivity (Wildman–Crippen MR) is 89.9 cm³/mol. The minimum absolute atomic E-state index is 0.0232. The monoisotopic (exact) mass is 327 g/mol. The molecule has 1 aliphatic heterocycles. The zero-order valence-electron chi connectivity index (χ0n) is 13.8. The number of hydrogen-bond donors (Lipinski definition) is 1. The van der Waals surface area contributed by atoms with E-state index >= 15 is 0 Å². The van der Waals surface area contributed by atoms with E-state index in [1.165, 1.54) is 0 Å². The summed E-state index contributed by atoms with van der Waals surface area (Å²) < 4.78 is 5.53. The molecule has 7 heteroatoms. The zero-order valence-corrected chi connectivity index (χ0v) is 13.8. The van der Waals surface area contributed by atoms with E-state index in [0.29, 0.717) is 43.0 Å². The highest BCUT2D eigenvalue weighted by Crippen LogP contribution is 2.17. The number of carbonyl (C=O) groups excluding carboxylic acids is 1. The van der Waals surface area contributed by atoms with Gasteiger partial charge in [0.2, 0.25) is 11.8 Å². The average Bonchev–Trinajstić information content (AvgIpc) is 2.57. The molecule has 3 heterocycles. The average molecular weight is 327 g/mol. The van der Waals surface area contributed by atoms with Gasteiger partial charge in [-0.1, -0.05) is 13.8 Å². The summed E-state index contributed by atoms with van der Waals surface area (Å²) >= 11 is 0. The first kappa shape index (κ1) is 16.2. The highest BCUT2D eigenvalue weighted by molar-refractivity contribution is 5.94. The summed E-state index contributed by atoms with van der Waals surface area (Å²) in [5, 5.41) is 3.20. The van der Waals surface area contributed by atoms with Gasteiger partial charge in [-0.05, 0) is 18.1 Å². The first-order valence-electron chi connectivity index (χ1n) is 8.03. The summed E-state index contributed by atoms with van der Waals surface area (Å²) in [5.41, 5.74) is 0.571. The van der Waals surface area contributed by atoms with Gasteiger partial charge in [-0.25, -0.2) is 15.0 Å². The summed E-state index contributed by atoms with van der Waals surface area (Å²) in [6, 6.07) is 5.44. The molecular weight excluding hydrogens is 306 g/mol. The van der Waals surface area contributed by atoms with Crippen molar-refractivity contribution < 1.29 is 9.53 Å². The molecule has 0 radical (unpaired) electrons. The lowest BCUT2D eigenvalue weighted by Gasteiger charge is -2.39. The fourth-order valence-electron chi connectivity index (χ4n) is 2.32. The number of carbonyl (C=O) groups is 1. The van der Waals surface area contributed by atoms with E-state index in [4.69, 9.17) is 4.74 Å². The van der Waals surface area contributed by atoms with Gasteiger partial charge in [0.25, 0.3) is 5.91 Å². The van der Waals surface area contributed by atoms with Gasteiger partial charge >= 0.3 is 0 Å². The van der Waals surface area contributed by atoms with Crippen LogP contribution in [0, 0.1) is 5.92 Å². The Morgan fingerprint density at radius 3 is 2.67 bits per heavy atom. The Morgan fingerprint density at radius 1 is 1.29 bits per heavy atom. The Bertz CT molecular complexity index is 669. The van der Waals surface area contributed by atoms with Crippen molar-refractivity contribution in [2.24, 2.45) is 5.92 Å². The van der Waals surface area contributed by atoms with Gasteiger partial charge in [-0.3, -0.25) is 4.79 Å². The molecule has 7 nitrogen and oxygen atoms in total. The number of rotatable bonds is 6. The van der Waals surface area contributed by atoms with Crippen LogP contribution in [-0.4, -0.2) is 51.5 Å². The van der Waals surface area contributed by atoms with Gasteiger partial charge in [0.15, 0.2) is 0 Å². The fraction of sp³-hybridized carbons (Fsp3) is 0.412. The summed E-state index contributed by atoms with van der Waals surface area (Å²) in [6.45, 7) is 6.02. The molecule has 126 valence electrons. The second kappa shape index (κ2) is 7.25. The molecule has 3 rings (SSSR count). The van der Waals surface area contributed by atoms with Crippen molar-refractivity contribution in [3.63, 3.8) is 0 Å². The van der Waals surface area contributed by atoms with Crippen molar-refractivity contribution in [1.82, 2.24) is 19.9 Å². The molecule has 0 atom stereocenters. The summed E-state index contributed by atoms with van der Waals surface area (Å²) in [4.78, 5) is 26.6. The summed E-state index contributed by atoms with van der Waals surface area (Å²) in [6.07, 6.45) is 4.94. The van der Waals surface area contributed by atoms with Gasteiger partial charge in [0, 0.05) is 37.7 Å². The Morgan fingerprint density at radius 2 is 2.04 bits per heavy atom. The van der Waals surface area contributed by atoms with Gasteiger partial charge in [0.05, 0.1) is 18.2 Å². The third-order valence-corrected chi connectivity index (χ3v) is 3.62. The first-order valence-corrected chi connectivity index (χ1v) is 8.03. The number of anilines is 1. The van der Waals surface area contributed by atoms with Crippen molar-refractivity contribution >= 4 is 11.9 Å². The molecule has 1 N–H and O–H groups in total. The van der Waals surface area contributed by atoms with Crippen LogP contribution in [-0.2, 0) is 0 Å². The van der Waals surface area contributed by atoms with E-state index in [9.17, 15) is 4.79 Å². The maximum Gasteiger partial charge on any atom is 0.255 e. The SMILES string of the molecule is CC(C)COc1ccc(C(=O)N2CC(Nc3ncccn3)C2)cn1. The van der Waals surface area contributed by atoms with Crippen molar-refractivity contribution in [3.8, 4) is 5.88 Å². The first-order chi connectivity index (χ1) is 11.6. The third kappa shape index (κ3) is 3.98. The lowest BCUT2D eigenvalue weighted by Crippen LogP contribution is -2.57. The Kier molecular flexibility index (Phi) is 4.88. The van der Waals surface area contributed by atoms with E-state index in [1.807, 2.05) is 0 Å². The quantitative estimate of drug-likeness (QED) is 0.872. The van der Waals surface area contributed by atoms with Crippen LogP contribution in [0.5, 0.6) is 5.88 Å². The predicted octanol–water partition coefficient (Wildman–Crippen LogP) is 1.84. The minimum atomic E-state index is -0.0232. The maximum atomic E-state index is 12.4. The van der Waals surface area contributed by atoms with Crippen molar-refractivity contribution in [2.75, 3.05) is 25.0 Å². The normalized spacial score (nSPS) is 14.4. The molecule has 0 aromatic carbocycles. The molecular formula is C17H21N5O2. The molecule has 1 aliphatic rings. The van der Waals surface area contributed by atoms with Crippen LogP contribution >= 0.6 is 0 Å². The maximum absolute atomic E-state index is 12.4. The van der Waals surface area contributed by atoms with Crippen LogP contribution in [0.1, 0.15) is 24.2 Å². The van der Waals surface area contributed by atoms with Gasteiger partial charge < -0.3 is 15.0 Å². The smallest absolute Gasteiger partial charge is 0.255 e. The van der Waals surface area contributed by atoms with Crippen LogP contribution in [0.3, 0.4) is 0 Å². The number of amides is 1. The van der Waals surface area contributed by atoms with Crippen LogP contribution in [0.2, 0.25) is 0 Å². The fourth-order valence-corrected chi connectivity index (χ4v) is 2.32. The van der Waals surface area contributed by atoms with Gasteiger partial charge in [0.1, 0.15) is 0 Å². The molecule has 0 aliphatic carbocycles. The Hall–Kier alpha value is -2.70. The summed E-state index contributed by atoms with van der Waals surface area (Å²) in [5.74, 6) is 1.55. The van der Waals surface area contributed by atoms with Crippen molar-refractivity contribution in [1.29, 1.82) is 0 Å². The van der Waals surface area contributed by atoms with Gasteiger partial charge in [-0.15, -0.1) is 0 Å². The number of likely N-dealkylation sites (tertiary alicyclic amines) is 1. The zero-order chi connectivity index (χ0) is 16.9. The molecule has 2 aromatic rings. The number of aromatic nitrogens is 3. The van der Waals surface area contributed by atoms with Crippen molar-refractivity contribution in [3.05, 3.63) is 42.4 Å². The lowest BCUT2D eigenvalue weighted by molar-refractivity contribution is 0.0624. The lowest BCUT2D eigenvalue weighted by atomic mass is 10.1. The Balaban J connectivity index is 1.49. The number of pyridine rings is 1. The highest BCUT2D eigenvalue weighted by Gasteiger charge is 2.31.